The summed E-state index contributed by atoms with van der Waals surface area (Å²) in [5, 5.41) is 3.28. The summed E-state index contributed by atoms with van der Waals surface area (Å²) in [5.74, 6) is -2.99. The molecule has 1 aliphatic heterocycles. The molecule has 3 aromatic rings. The molecule has 0 spiro atoms. The highest BCUT2D eigenvalue weighted by molar-refractivity contribution is 5.81. The highest BCUT2D eigenvalue weighted by Crippen LogP contribution is 2.43. The van der Waals surface area contributed by atoms with Crippen LogP contribution in [0.5, 0.6) is 0 Å². The summed E-state index contributed by atoms with van der Waals surface area (Å²) in [6.45, 7) is 0.651. The fourth-order valence-electron chi connectivity index (χ4n) is 6.26. The molecule has 2 aliphatic rings. The van der Waals surface area contributed by atoms with Gasteiger partial charge in [-0.1, -0.05) is 91.0 Å². The molecule has 9 heteroatoms. The van der Waals surface area contributed by atoms with Crippen LogP contribution in [0.4, 0.5) is 13.2 Å². The normalized spacial score (nSPS) is 22.6. The fourth-order valence-corrected chi connectivity index (χ4v) is 6.26. The van der Waals surface area contributed by atoms with Gasteiger partial charge >= 0.3 is 12.1 Å². The highest BCUT2D eigenvalue weighted by Gasteiger charge is 2.53. The Hall–Kier alpha value is -3.69. The summed E-state index contributed by atoms with van der Waals surface area (Å²) in [6.07, 6.45) is -3.82. The van der Waals surface area contributed by atoms with Gasteiger partial charge in [0.15, 0.2) is 0 Å². The lowest BCUT2D eigenvalue weighted by Gasteiger charge is -2.47. The molecule has 1 heterocycles. The molecule has 2 fully saturated rings. The maximum absolute atomic E-state index is 14.0. The topological polar surface area (TPSA) is 64.6 Å². The van der Waals surface area contributed by atoms with Gasteiger partial charge in [-0.3, -0.25) is 9.63 Å². The van der Waals surface area contributed by atoms with Crippen LogP contribution in [0.3, 0.4) is 0 Å². The average Bonchev–Trinajstić information content (AvgIpc) is 3.00. The van der Waals surface area contributed by atoms with E-state index in [9.17, 15) is 22.8 Å². The molecule has 5 rings (SSSR count). The second-order valence-electron chi connectivity index (χ2n) is 10.7. The molecule has 0 bridgehead atoms. The van der Waals surface area contributed by atoms with Gasteiger partial charge in [0.25, 0.3) is 0 Å². The highest BCUT2D eigenvalue weighted by atomic mass is 19.4. The summed E-state index contributed by atoms with van der Waals surface area (Å²) in [7, 11) is 0. The smallest absolute Gasteiger partial charge is 0.369 e. The standard InChI is InChI=1S/C32H33F3N2O4/c33-32(34,35)31(39)41-37(18-20-40-21-19-37)26-16-17-27(28(22-26)23-10-4-1-5-11-23)30(38)36-29(24-12-6-2-7-13-24)25-14-8-3-9-15-25/h1-15,26-29H,16-22H2/p+1/t26-,27-,28+/m1/s1. The summed E-state index contributed by atoms with van der Waals surface area (Å²) < 4.78 is 44.8. The Morgan fingerprint density at radius 1 is 0.829 bits per heavy atom. The number of carbonyl (C=O) groups excluding carboxylic acids is 2. The van der Waals surface area contributed by atoms with Crippen molar-refractivity contribution >= 4 is 11.9 Å². The number of ether oxygens (including phenoxy) is 1. The number of nitrogens with one attached hydrogen (secondary N) is 1. The van der Waals surface area contributed by atoms with Gasteiger partial charge in [0.1, 0.15) is 19.1 Å². The molecular formula is C32H34F3N2O4+. The van der Waals surface area contributed by atoms with Gasteiger partial charge in [-0.25, -0.2) is 4.79 Å². The van der Waals surface area contributed by atoms with Crippen LogP contribution in [0.2, 0.25) is 0 Å². The molecule has 6 nitrogen and oxygen atoms in total. The molecule has 3 atom stereocenters. The molecule has 41 heavy (non-hydrogen) atoms. The van der Waals surface area contributed by atoms with Gasteiger partial charge < -0.3 is 10.1 Å². The van der Waals surface area contributed by atoms with Crippen LogP contribution in [0.25, 0.3) is 0 Å². The number of carbonyl (C=O) groups is 2. The van der Waals surface area contributed by atoms with Crippen LogP contribution in [0, 0.1) is 5.92 Å². The van der Waals surface area contributed by atoms with Gasteiger partial charge in [-0.15, -0.1) is 4.65 Å². The second-order valence-corrected chi connectivity index (χ2v) is 10.7. The number of hydroxylamine groups is 3. The summed E-state index contributed by atoms with van der Waals surface area (Å²) in [6, 6.07) is 28.3. The first-order valence-electron chi connectivity index (χ1n) is 14.0. The molecule has 0 radical (unpaired) electrons. The number of halogens is 3. The number of quaternary nitrogens is 1. The molecule has 1 amide bonds. The Morgan fingerprint density at radius 2 is 1.37 bits per heavy atom. The van der Waals surface area contributed by atoms with E-state index in [2.05, 4.69) is 5.32 Å². The van der Waals surface area contributed by atoms with Crippen LogP contribution < -0.4 is 5.32 Å². The zero-order valence-electron chi connectivity index (χ0n) is 22.6. The number of alkyl halides is 3. The SMILES string of the molecule is O=C(NC(c1ccccc1)c1ccccc1)[C@@H]1CC[C@@H]([N+]2(OC(=O)C(F)(F)F)CCOCC2)C[C@H]1c1ccccc1. The van der Waals surface area contributed by atoms with Crippen LogP contribution in [0.1, 0.15) is 47.9 Å². The Labute approximate surface area is 237 Å². The Morgan fingerprint density at radius 3 is 1.90 bits per heavy atom. The Bertz CT molecular complexity index is 1260. The van der Waals surface area contributed by atoms with Gasteiger partial charge in [-0.05, 0) is 23.1 Å². The minimum Gasteiger partial charge on any atom is -0.369 e. The maximum atomic E-state index is 14.0. The van der Waals surface area contributed by atoms with Crippen molar-refractivity contribution in [3.63, 3.8) is 0 Å². The molecule has 0 unspecified atom stereocenters. The average molecular weight is 568 g/mol. The van der Waals surface area contributed by atoms with Gasteiger partial charge in [0, 0.05) is 24.7 Å². The van der Waals surface area contributed by atoms with E-state index in [4.69, 9.17) is 9.57 Å². The molecule has 1 N–H and O–H groups in total. The summed E-state index contributed by atoms with van der Waals surface area (Å²) in [5.41, 5.74) is 2.84. The molecular weight excluding hydrogens is 533 g/mol. The first-order chi connectivity index (χ1) is 19.8. The Balaban J connectivity index is 1.43. The number of benzene rings is 3. The molecule has 1 saturated carbocycles. The molecule has 216 valence electrons. The predicted molar refractivity (Wildman–Crippen MR) is 146 cm³/mol. The van der Waals surface area contributed by atoms with E-state index in [1.807, 2.05) is 91.0 Å². The van der Waals surface area contributed by atoms with E-state index < -0.39 is 28.8 Å². The summed E-state index contributed by atoms with van der Waals surface area (Å²) in [4.78, 5) is 31.3. The van der Waals surface area contributed by atoms with Gasteiger partial charge in [0.2, 0.25) is 5.91 Å². The third kappa shape index (κ3) is 6.63. The fraction of sp³-hybridized carbons (Fsp3) is 0.375. The van der Waals surface area contributed by atoms with Crippen LogP contribution >= 0.6 is 0 Å². The second kappa shape index (κ2) is 12.4. The molecule has 1 aliphatic carbocycles. The van der Waals surface area contributed by atoms with E-state index in [1.54, 1.807) is 0 Å². The number of morpholine rings is 1. The number of hydrogen-bond donors (Lipinski definition) is 1. The number of amides is 1. The largest absolute Gasteiger partial charge is 0.497 e. The third-order valence-electron chi connectivity index (χ3n) is 8.33. The monoisotopic (exact) mass is 567 g/mol. The van der Waals surface area contributed by atoms with E-state index in [0.29, 0.717) is 19.3 Å². The molecule has 0 aromatic heterocycles. The zero-order valence-corrected chi connectivity index (χ0v) is 22.6. The number of rotatable bonds is 7. The van der Waals surface area contributed by atoms with E-state index >= 15 is 0 Å². The van der Waals surface area contributed by atoms with Gasteiger partial charge in [-0.2, -0.15) is 13.2 Å². The number of hydrogen-bond acceptors (Lipinski definition) is 4. The third-order valence-corrected chi connectivity index (χ3v) is 8.33. The predicted octanol–water partition coefficient (Wildman–Crippen LogP) is 5.71. The van der Waals surface area contributed by atoms with Crippen molar-refractivity contribution in [2.24, 2.45) is 5.92 Å². The molecule has 1 saturated heterocycles. The molecule has 3 aromatic carbocycles. The van der Waals surface area contributed by atoms with Crippen LogP contribution in [0.15, 0.2) is 91.0 Å². The van der Waals surface area contributed by atoms with Crippen molar-refractivity contribution in [2.45, 2.75) is 43.4 Å². The van der Waals surface area contributed by atoms with Gasteiger partial charge in [0.05, 0.1) is 19.3 Å². The van der Waals surface area contributed by atoms with Crippen molar-refractivity contribution in [3.8, 4) is 0 Å². The summed E-state index contributed by atoms with van der Waals surface area (Å²) >= 11 is 0. The van der Waals surface area contributed by atoms with Crippen LogP contribution in [-0.2, 0) is 19.2 Å². The van der Waals surface area contributed by atoms with E-state index in [1.165, 1.54) is 0 Å². The first-order valence-corrected chi connectivity index (χ1v) is 14.0. The van der Waals surface area contributed by atoms with Crippen molar-refractivity contribution in [1.29, 1.82) is 0 Å². The minimum atomic E-state index is -5.09. The van der Waals surface area contributed by atoms with E-state index in [0.717, 1.165) is 16.7 Å². The maximum Gasteiger partial charge on any atom is 0.497 e. The first kappa shape index (κ1) is 28.8. The lowest BCUT2D eigenvalue weighted by molar-refractivity contribution is -1.11. The lowest BCUT2D eigenvalue weighted by atomic mass is 9.72. The van der Waals surface area contributed by atoms with Crippen molar-refractivity contribution in [3.05, 3.63) is 108 Å². The van der Waals surface area contributed by atoms with Crippen LogP contribution in [-0.4, -0.2) is 55.0 Å². The lowest BCUT2D eigenvalue weighted by Crippen LogP contribution is -2.64. The quantitative estimate of drug-likeness (QED) is 0.372. The number of nitrogens with zero attached hydrogens (tertiary/aromatic N) is 1. The van der Waals surface area contributed by atoms with E-state index in [-0.39, 0.29) is 44.2 Å². The van der Waals surface area contributed by atoms with Crippen molar-refractivity contribution < 1.29 is 37.0 Å². The van der Waals surface area contributed by atoms with Crippen molar-refractivity contribution in [1.82, 2.24) is 5.32 Å². The Kier molecular flexibility index (Phi) is 8.75. The minimum absolute atomic E-state index is 0.115. The van der Waals surface area contributed by atoms with Crippen molar-refractivity contribution in [2.75, 3.05) is 26.3 Å². The zero-order chi connectivity index (χ0) is 28.9.